The van der Waals surface area contributed by atoms with E-state index in [4.69, 9.17) is 16.6 Å². The van der Waals surface area contributed by atoms with Gasteiger partial charge in [0.1, 0.15) is 5.78 Å². The summed E-state index contributed by atoms with van der Waals surface area (Å²) in [6.07, 6.45) is -4.67. The lowest BCUT2D eigenvalue weighted by atomic mass is 9.72. The molecule has 0 radical (unpaired) electrons. The molecule has 0 aromatic heterocycles. The van der Waals surface area contributed by atoms with Crippen molar-refractivity contribution >= 4 is 40.4 Å². The molecule has 36 heavy (non-hydrogen) atoms. The van der Waals surface area contributed by atoms with E-state index in [1.54, 1.807) is 60.7 Å². The van der Waals surface area contributed by atoms with Crippen LogP contribution in [-0.4, -0.2) is 23.6 Å². The van der Waals surface area contributed by atoms with E-state index in [9.17, 15) is 22.8 Å². The molecule has 1 saturated carbocycles. The van der Waals surface area contributed by atoms with Crippen LogP contribution in [-0.2, 0) is 9.59 Å². The number of anilines is 1. The van der Waals surface area contributed by atoms with Gasteiger partial charge in [-0.25, -0.2) is 0 Å². The van der Waals surface area contributed by atoms with Gasteiger partial charge in [-0.2, -0.15) is 13.2 Å². The van der Waals surface area contributed by atoms with Crippen LogP contribution < -0.4 is 4.90 Å². The van der Waals surface area contributed by atoms with Crippen molar-refractivity contribution in [2.75, 3.05) is 4.90 Å². The van der Waals surface area contributed by atoms with Crippen molar-refractivity contribution in [3.8, 4) is 0 Å². The molecule has 3 aromatic rings. The van der Waals surface area contributed by atoms with Crippen LogP contribution in [0.2, 0.25) is 5.02 Å². The van der Waals surface area contributed by atoms with Gasteiger partial charge in [-0.05, 0) is 54.7 Å². The minimum absolute atomic E-state index is 0.0272. The van der Waals surface area contributed by atoms with Gasteiger partial charge in [-0.1, -0.05) is 65.7 Å². The molecular formula is C28H22ClF3N2O2. The van der Waals surface area contributed by atoms with Crippen LogP contribution in [0, 0.1) is 12.8 Å². The third-order valence-corrected chi connectivity index (χ3v) is 7.04. The molecule has 8 heteroatoms. The highest BCUT2D eigenvalue weighted by molar-refractivity contribution is 6.30. The predicted molar refractivity (Wildman–Crippen MR) is 133 cm³/mol. The number of aryl methyl sites for hydroxylation is 1. The standard InChI is InChI=1S/C28H22ClF3N2O2/c1-16-9-11-17(12-10-16)26-25-22(14-19(15-24(25)35)18-5-4-6-20(29)13-18)33-21-7-2-3-8-23(21)34(26)27(36)28(30,31)32/h2-13,19,25-26H,14-15H2,1H3. The Hall–Kier alpha value is -3.45. The summed E-state index contributed by atoms with van der Waals surface area (Å²) in [6.45, 7) is 1.86. The fourth-order valence-corrected chi connectivity index (χ4v) is 5.37. The average molecular weight is 511 g/mol. The molecule has 0 saturated heterocycles. The first-order chi connectivity index (χ1) is 17.1. The van der Waals surface area contributed by atoms with Crippen LogP contribution in [0.25, 0.3) is 0 Å². The molecule has 1 heterocycles. The van der Waals surface area contributed by atoms with E-state index in [0.29, 0.717) is 22.7 Å². The highest BCUT2D eigenvalue weighted by atomic mass is 35.5. The normalized spacial score (nSPS) is 21.8. The monoisotopic (exact) mass is 510 g/mol. The van der Waals surface area contributed by atoms with Crippen LogP contribution in [0.15, 0.2) is 77.8 Å². The maximum absolute atomic E-state index is 13.9. The Morgan fingerprint density at radius 2 is 1.69 bits per heavy atom. The number of ketones is 1. The van der Waals surface area contributed by atoms with Crippen molar-refractivity contribution in [1.29, 1.82) is 0 Å². The minimum Gasteiger partial charge on any atom is -0.299 e. The molecule has 2 aliphatic rings. The maximum atomic E-state index is 13.9. The van der Waals surface area contributed by atoms with Crippen molar-refractivity contribution in [3.05, 3.63) is 94.5 Å². The summed E-state index contributed by atoms with van der Waals surface area (Å²) in [5, 5.41) is 0.537. The Kier molecular flexibility index (Phi) is 6.20. The number of benzene rings is 3. The summed E-state index contributed by atoms with van der Waals surface area (Å²) >= 11 is 6.18. The second kappa shape index (κ2) is 9.21. The first-order valence-corrected chi connectivity index (χ1v) is 11.9. The molecule has 1 aliphatic carbocycles. The molecule has 3 aromatic carbocycles. The van der Waals surface area contributed by atoms with Gasteiger partial charge >= 0.3 is 12.1 Å². The second-order valence-corrected chi connectivity index (χ2v) is 9.66. The Bertz CT molecular complexity index is 1370. The molecule has 1 amide bonds. The number of alkyl halides is 3. The van der Waals surface area contributed by atoms with E-state index in [1.807, 2.05) is 13.0 Å². The number of hydrogen-bond donors (Lipinski definition) is 0. The molecule has 184 valence electrons. The maximum Gasteiger partial charge on any atom is 0.471 e. The summed E-state index contributed by atoms with van der Waals surface area (Å²) < 4.78 is 41.8. The van der Waals surface area contributed by atoms with Crippen molar-refractivity contribution in [2.24, 2.45) is 10.9 Å². The topological polar surface area (TPSA) is 49.7 Å². The number of rotatable bonds is 2. The molecule has 3 unspecified atom stereocenters. The van der Waals surface area contributed by atoms with Gasteiger partial charge in [-0.3, -0.25) is 19.5 Å². The average Bonchev–Trinajstić information content (AvgIpc) is 2.98. The summed E-state index contributed by atoms with van der Waals surface area (Å²) in [5.41, 5.74) is 2.94. The fraction of sp³-hybridized carbons (Fsp3) is 0.250. The number of para-hydroxylation sites is 2. The lowest BCUT2D eigenvalue weighted by molar-refractivity contribution is -0.171. The van der Waals surface area contributed by atoms with E-state index in [0.717, 1.165) is 16.0 Å². The third kappa shape index (κ3) is 4.44. The summed E-state index contributed by atoms with van der Waals surface area (Å²) in [4.78, 5) is 32.1. The van der Waals surface area contributed by atoms with Gasteiger partial charge in [0.2, 0.25) is 0 Å². The van der Waals surface area contributed by atoms with Crippen molar-refractivity contribution in [3.63, 3.8) is 0 Å². The Morgan fingerprint density at radius 3 is 2.39 bits per heavy atom. The second-order valence-electron chi connectivity index (χ2n) is 9.22. The van der Waals surface area contributed by atoms with Crippen LogP contribution in [0.3, 0.4) is 0 Å². The van der Waals surface area contributed by atoms with Crippen LogP contribution in [0.1, 0.15) is 41.5 Å². The molecule has 0 bridgehead atoms. The van der Waals surface area contributed by atoms with Gasteiger partial charge in [-0.15, -0.1) is 0 Å². The van der Waals surface area contributed by atoms with Crippen molar-refractivity contribution < 1.29 is 22.8 Å². The largest absolute Gasteiger partial charge is 0.471 e. The molecule has 1 fully saturated rings. The van der Waals surface area contributed by atoms with Gasteiger partial charge < -0.3 is 0 Å². The number of nitrogens with zero attached hydrogens (tertiary/aromatic N) is 2. The third-order valence-electron chi connectivity index (χ3n) is 6.81. The predicted octanol–water partition coefficient (Wildman–Crippen LogP) is 7.13. The highest BCUT2D eigenvalue weighted by Crippen LogP contribution is 2.48. The number of carbonyl (C=O) groups is 2. The number of carbonyl (C=O) groups excluding carboxylic acids is 2. The SMILES string of the molecule is Cc1ccc(C2C3C(=O)CC(c4cccc(Cl)c4)CC3=Nc3ccccc3N2C(=O)C(F)(F)F)cc1. The number of aliphatic imine (C=N–C) groups is 1. The zero-order chi connectivity index (χ0) is 25.6. The Labute approximate surface area is 211 Å². The number of Topliss-reactive ketones (excluding diaryl/α,β-unsaturated/α-hetero) is 1. The number of halogens is 4. The van der Waals surface area contributed by atoms with E-state index >= 15 is 0 Å². The lowest BCUT2D eigenvalue weighted by Crippen LogP contribution is -2.49. The quantitative estimate of drug-likeness (QED) is 0.368. The molecule has 1 aliphatic heterocycles. The van der Waals surface area contributed by atoms with Gasteiger partial charge in [0.05, 0.1) is 23.3 Å². The number of hydrogen-bond acceptors (Lipinski definition) is 3. The Morgan fingerprint density at radius 1 is 0.972 bits per heavy atom. The zero-order valence-corrected chi connectivity index (χ0v) is 20.1. The number of fused-ring (bicyclic) bond motifs is 2. The molecule has 5 rings (SSSR count). The van der Waals surface area contributed by atoms with E-state index in [1.165, 1.54) is 6.07 Å². The molecule has 4 nitrogen and oxygen atoms in total. The van der Waals surface area contributed by atoms with Gasteiger partial charge in [0.25, 0.3) is 0 Å². The van der Waals surface area contributed by atoms with E-state index in [-0.39, 0.29) is 29.5 Å². The first-order valence-electron chi connectivity index (χ1n) is 11.5. The minimum atomic E-state index is -5.14. The van der Waals surface area contributed by atoms with Gasteiger partial charge in [0, 0.05) is 17.2 Å². The Balaban J connectivity index is 1.70. The van der Waals surface area contributed by atoms with E-state index in [2.05, 4.69) is 0 Å². The van der Waals surface area contributed by atoms with Gasteiger partial charge in [0.15, 0.2) is 0 Å². The molecular weight excluding hydrogens is 489 g/mol. The first kappa shape index (κ1) is 24.3. The zero-order valence-electron chi connectivity index (χ0n) is 19.3. The van der Waals surface area contributed by atoms with Crippen molar-refractivity contribution in [1.82, 2.24) is 0 Å². The fourth-order valence-electron chi connectivity index (χ4n) is 5.17. The van der Waals surface area contributed by atoms with Crippen molar-refractivity contribution in [2.45, 2.75) is 37.9 Å². The lowest BCUT2D eigenvalue weighted by Gasteiger charge is -2.39. The summed E-state index contributed by atoms with van der Waals surface area (Å²) in [7, 11) is 0. The van der Waals surface area contributed by atoms with Crippen LogP contribution >= 0.6 is 11.6 Å². The van der Waals surface area contributed by atoms with E-state index < -0.39 is 24.0 Å². The summed E-state index contributed by atoms with van der Waals surface area (Å²) in [5.74, 6) is -3.52. The molecule has 0 spiro atoms. The summed E-state index contributed by atoms with van der Waals surface area (Å²) in [6, 6.07) is 19.2. The molecule has 3 atom stereocenters. The van der Waals surface area contributed by atoms with Crippen LogP contribution in [0.4, 0.5) is 24.5 Å². The van der Waals surface area contributed by atoms with Crippen LogP contribution in [0.5, 0.6) is 0 Å². The smallest absolute Gasteiger partial charge is 0.299 e. The highest BCUT2D eigenvalue weighted by Gasteiger charge is 2.52. The molecule has 0 N–H and O–H groups in total. The number of amides is 1.